The van der Waals surface area contributed by atoms with E-state index in [9.17, 15) is 9.90 Å². The van der Waals surface area contributed by atoms with Crippen molar-refractivity contribution in [3.8, 4) is 0 Å². The standard InChI is InChI=1S/C17H30N2O4/c1-7-11-19(15(21)22-6)17(8-2)9-12-18(13-10-17)14(20)23-16(3,4)5/h7-8,15,21H,1-2,9-13H2,3-6H3. The van der Waals surface area contributed by atoms with E-state index in [0.29, 0.717) is 32.5 Å². The number of piperidine rings is 1. The number of hydrogen-bond acceptors (Lipinski definition) is 5. The molecule has 0 aromatic carbocycles. The largest absolute Gasteiger partial charge is 0.444 e. The second-order valence-corrected chi connectivity index (χ2v) is 6.78. The van der Waals surface area contributed by atoms with Crippen LogP contribution in [0.4, 0.5) is 4.79 Å². The van der Waals surface area contributed by atoms with Gasteiger partial charge in [-0.3, -0.25) is 0 Å². The number of ether oxygens (including phenoxy) is 2. The van der Waals surface area contributed by atoms with Gasteiger partial charge in [0.25, 0.3) is 0 Å². The molecule has 0 spiro atoms. The molecule has 1 saturated heterocycles. The Morgan fingerprint density at radius 3 is 2.35 bits per heavy atom. The number of amides is 1. The van der Waals surface area contributed by atoms with Crippen LogP contribution in [0, 0.1) is 0 Å². The molecule has 1 amide bonds. The number of aliphatic hydroxyl groups is 1. The molecule has 0 aliphatic carbocycles. The summed E-state index contributed by atoms with van der Waals surface area (Å²) in [6.07, 6.45) is 3.48. The predicted octanol–water partition coefficient (Wildman–Crippen LogP) is 2.35. The van der Waals surface area contributed by atoms with Crippen LogP contribution in [0.15, 0.2) is 25.3 Å². The molecule has 1 aliphatic heterocycles. The highest BCUT2D eigenvalue weighted by Crippen LogP contribution is 2.32. The van der Waals surface area contributed by atoms with Gasteiger partial charge in [0.15, 0.2) is 0 Å². The van der Waals surface area contributed by atoms with Crippen molar-refractivity contribution in [3.05, 3.63) is 25.3 Å². The molecule has 1 atom stereocenters. The number of hydrogen-bond donors (Lipinski definition) is 1. The average molecular weight is 326 g/mol. The number of aliphatic hydroxyl groups excluding tert-OH is 1. The maximum absolute atomic E-state index is 12.2. The first-order chi connectivity index (χ1) is 10.7. The summed E-state index contributed by atoms with van der Waals surface area (Å²) in [5.41, 5.74) is -0.951. The summed E-state index contributed by atoms with van der Waals surface area (Å²) >= 11 is 0. The van der Waals surface area contributed by atoms with E-state index in [1.54, 1.807) is 15.9 Å². The third kappa shape index (κ3) is 5.06. The average Bonchev–Trinajstić information content (AvgIpc) is 2.50. The van der Waals surface area contributed by atoms with Crippen molar-refractivity contribution in [1.29, 1.82) is 0 Å². The molecule has 1 rings (SSSR count). The Bertz CT molecular complexity index is 423. The molecule has 1 unspecified atom stereocenters. The second kappa shape index (κ2) is 7.95. The van der Waals surface area contributed by atoms with Crippen molar-refractivity contribution >= 4 is 6.09 Å². The Balaban J connectivity index is 2.81. The molecule has 0 aromatic heterocycles. The van der Waals surface area contributed by atoms with E-state index in [1.165, 1.54) is 7.11 Å². The van der Waals surface area contributed by atoms with Crippen LogP contribution in [0.3, 0.4) is 0 Å². The lowest BCUT2D eigenvalue weighted by Gasteiger charge is -2.47. The SMILES string of the molecule is C=CCN(C(O)OC)C1(C=C)CCN(C(=O)OC(C)(C)C)CC1. The zero-order valence-corrected chi connectivity index (χ0v) is 14.7. The fourth-order valence-electron chi connectivity index (χ4n) is 2.77. The van der Waals surface area contributed by atoms with E-state index in [1.807, 2.05) is 26.8 Å². The maximum Gasteiger partial charge on any atom is 0.410 e. The normalized spacial score (nSPS) is 19.3. The molecule has 0 aromatic rings. The molecule has 132 valence electrons. The van der Waals surface area contributed by atoms with Crippen LogP contribution in [0.25, 0.3) is 0 Å². The minimum Gasteiger partial charge on any atom is -0.444 e. The van der Waals surface area contributed by atoms with Crippen molar-refractivity contribution in [3.63, 3.8) is 0 Å². The molecule has 0 bridgehead atoms. The maximum atomic E-state index is 12.2. The summed E-state index contributed by atoms with van der Waals surface area (Å²) < 4.78 is 10.5. The molecule has 1 fully saturated rings. The third-order valence-electron chi connectivity index (χ3n) is 4.04. The molecule has 0 radical (unpaired) electrons. The first kappa shape index (κ1) is 19.7. The molecular formula is C17H30N2O4. The van der Waals surface area contributed by atoms with Crippen molar-refractivity contribution in [2.45, 2.75) is 51.2 Å². The molecule has 6 heteroatoms. The van der Waals surface area contributed by atoms with E-state index in [0.717, 1.165) is 0 Å². The first-order valence-corrected chi connectivity index (χ1v) is 7.89. The summed E-state index contributed by atoms with van der Waals surface area (Å²) in [6.45, 7) is 14.7. The summed E-state index contributed by atoms with van der Waals surface area (Å²) in [5, 5.41) is 10.1. The lowest BCUT2D eigenvalue weighted by Crippen LogP contribution is -2.59. The lowest BCUT2D eigenvalue weighted by atomic mass is 9.86. The van der Waals surface area contributed by atoms with Gasteiger partial charge < -0.3 is 19.5 Å². The number of carbonyl (C=O) groups is 1. The molecule has 1 N–H and O–H groups in total. The van der Waals surface area contributed by atoms with Gasteiger partial charge in [0.2, 0.25) is 6.41 Å². The van der Waals surface area contributed by atoms with Gasteiger partial charge in [-0.05, 0) is 33.6 Å². The van der Waals surface area contributed by atoms with Gasteiger partial charge in [-0.25, -0.2) is 9.69 Å². The predicted molar refractivity (Wildman–Crippen MR) is 89.9 cm³/mol. The van der Waals surface area contributed by atoms with Gasteiger partial charge in [-0.15, -0.1) is 13.2 Å². The highest BCUT2D eigenvalue weighted by Gasteiger charge is 2.41. The highest BCUT2D eigenvalue weighted by molar-refractivity contribution is 5.68. The molecule has 1 aliphatic rings. The minimum absolute atomic E-state index is 0.308. The van der Waals surface area contributed by atoms with Gasteiger partial charge in [0.05, 0.1) is 0 Å². The molecule has 23 heavy (non-hydrogen) atoms. The number of methoxy groups -OCH3 is 1. The van der Waals surface area contributed by atoms with Gasteiger partial charge in [-0.1, -0.05) is 12.2 Å². The molecule has 6 nitrogen and oxygen atoms in total. The van der Waals surface area contributed by atoms with Crippen molar-refractivity contribution < 1.29 is 19.4 Å². The van der Waals surface area contributed by atoms with Crippen LogP contribution in [-0.2, 0) is 9.47 Å². The zero-order valence-electron chi connectivity index (χ0n) is 14.7. The van der Waals surface area contributed by atoms with Gasteiger partial charge >= 0.3 is 6.09 Å². The highest BCUT2D eigenvalue weighted by atomic mass is 16.6. The first-order valence-electron chi connectivity index (χ1n) is 7.89. The molecule has 0 saturated carbocycles. The second-order valence-electron chi connectivity index (χ2n) is 6.78. The van der Waals surface area contributed by atoms with E-state index in [4.69, 9.17) is 9.47 Å². The van der Waals surface area contributed by atoms with Crippen LogP contribution in [0.5, 0.6) is 0 Å². The minimum atomic E-state index is -1.04. The van der Waals surface area contributed by atoms with Gasteiger partial charge in [0, 0.05) is 32.3 Å². The van der Waals surface area contributed by atoms with Crippen molar-refractivity contribution in [1.82, 2.24) is 9.80 Å². The number of rotatable bonds is 6. The van der Waals surface area contributed by atoms with Crippen LogP contribution in [-0.4, -0.2) is 65.3 Å². The van der Waals surface area contributed by atoms with Crippen LogP contribution < -0.4 is 0 Å². The van der Waals surface area contributed by atoms with Gasteiger partial charge in [0.1, 0.15) is 5.60 Å². The molecule has 1 heterocycles. The Hall–Kier alpha value is -1.37. The van der Waals surface area contributed by atoms with Crippen LogP contribution in [0.1, 0.15) is 33.6 Å². The summed E-state index contributed by atoms with van der Waals surface area (Å²) in [7, 11) is 1.45. The fourth-order valence-corrected chi connectivity index (χ4v) is 2.77. The monoisotopic (exact) mass is 326 g/mol. The third-order valence-corrected chi connectivity index (χ3v) is 4.04. The molecular weight excluding hydrogens is 296 g/mol. The lowest BCUT2D eigenvalue weighted by molar-refractivity contribution is -0.204. The van der Waals surface area contributed by atoms with Crippen LogP contribution >= 0.6 is 0 Å². The van der Waals surface area contributed by atoms with E-state index < -0.39 is 17.6 Å². The smallest absolute Gasteiger partial charge is 0.410 e. The van der Waals surface area contributed by atoms with Crippen molar-refractivity contribution in [2.24, 2.45) is 0 Å². The van der Waals surface area contributed by atoms with E-state index in [2.05, 4.69) is 13.2 Å². The quantitative estimate of drug-likeness (QED) is 0.600. The number of nitrogens with zero attached hydrogens (tertiary/aromatic N) is 2. The fraction of sp³-hybridized carbons (Fsp3) is 0.706. The van der Waals surface area contributed by atoms with Crippen molar-refractivity contribution in [2.75, 3.05) is 26.7 Å². The Morgan fingerprint density at radius 1 is 1.39 bits per heavy atom. The van der Waals surface area contributed by atoms with Crippen LogP contribution in [0.2, 0.25) is 0 Å². The number of likely N-dealkylation sites (tertiary alicyclic amines) is 1. The Labute approximate surface area is 139 Å². The summed E-state index contributed by atoms with van der Waals surface area (Å²) in [6, 6.07) is 0. The Morgan fingerprint density at radius 2 is 1.96 bits per heavy atom. The van der Waals surface area contributed by atoms with E-state index in [-0.39, 0.29) is 6.09 Å². The zero-order chi connectivity index (χ0) is 17.7. The van der Waals surface area contributed by atoms with Gasteiger partial charge in [-0.2, -0.15) is 0 Å². The number of carbonyl (C=O) groups excluding carboxylic acids is 1. The topological polar surface area (TPSA) is 62.2 Å². The Kier molecular flexibility index (Phi) is 6.80. The summed E-state index contributed by atoms with van der Waals surface area (Å²) in [5.74, 6) is 0. The van der Waals surface area contributed by atoms with E-state index >= 15 is 0 Å². The summed E-state index contributed by atoms with van der Waals surface area (Å²) in [4.78, 5) is 15.7.